The Bertz CT molecular complexity index is 447. The molecule has 0 fully saturated rings. The first-order valence-electron chi connectivity index (χ1n) is 5.65. The fourth-order valence-electron chi connectivity index (χ4n) is 1.19. The van der Waals surface area contributed by atoms with Crippen molar-refractivity contribution in [3.05, 3.63) is 33.3 Å². The lowest BCUT2D eigenvalue weighted by Crippen LogP contribution is -2.48. The molecular weight excluding hydrogens is 316 g/mol. The third-order valence-electron chi connectivity index (χ3n) is 3.07. The molecule has 100 valence electrons. The van der Waals surface area contributed by atoms with Gasteiger partial charge in [0.2, 0.25) is 0 Å². The van der Waals surface area contributed by atoms with E-state index in [1.54, 1.807) is 18.2 Å². The minimum Gasteiger partial charge on any atom is -0.350 e. The van der Waals surface area contributed by atoms with E-state index in [2.05, 4.69) is 40.0 Å². The number of amides is 1. The lowest BCUT2D eigenvalue weighted by atomic mass is 10.0. The van der Waals surface area contributed by atoms with E-state index >= 15 is 0 Å². The maximum atomic E-state index is 12.0. The van der Waals surface area contributed by atoms with Crippen LogP contribution in [0, 0.1) is 0 Å². The van der Waals surface area contributed by atoms with Crippen molar-refractivity contribution < 1.29 is 4.79 Å². The van der Waals surface area contributed by atoms with Crippen molar-refractivity contribution >= 4 is 33.4 Å². The number of likely N-dealkylation sites (N-methyl/N-ethyl adjacent to an activating group) is 1. The van der Waals surface area contributed by atoms with Crippen LogP contribution in [-0.2, 0) is 0 Å². The highest BCUT2D eigenvalue weighted by molar-refractivity contribution is 9.10. The van der Waals surface area contributed by atoms with E-state index in [4.69, 9.17) is 11.6 Å². The number of benzene rings is 1. The van der Waals surface area contributed by atoms with Crippen LogP contribution in [0.25, 0.3) is 0 Å². The average molecular weight is 334 g/mol. The molecule has 0 saturated heterocycles. The Kier molecular flexibility index (Phi) is 5.20. The number of nitrogens with one attached hydrogen (secondary N) is 1. The first kappa shape index (κ1) is 15.5. The Morgan fingerprint density at radius 3 is 2.56 bits per heavy atom. The Morgan fingerprint density at radius 2 is 2.06 bits per heavy atom. The molecule has 0 bridgehead atoms. The van der Waals surface area contributed by atoms with Gasteiger partial charge in [-0.15, -0.1) is 0 Å². The van der Waals surface area contributed by atoms with Gasteiger partial charge in [0, 0.05) is 22.1 Å². The van der Waals surface area contributed by atoms with Crippen molar-refractivity contribution in [2.75, 3.05) is 20.6 Å². The summed E-state index contributed by atoms with van der Waals surface area (Å²) in [6.07, 6.45) is 0. The van der Waals surface area contributed by atoms with E-state index < -0.39 is 0 Å². The Balaban J connectivity index is 2.69. The van der Waals surface area contributed by atoms with Gasteiger partial charge in [-0.25, -0.2) is 0 Å². The molecule has 1 aromatic rings. The summed E-state index contributed by atoms with van der Waals surface area (Å²) in [6.45, 7) is 4.73. The second kappa shape index (κ2) is 6.04. The molecule has 0 aliphatic heterocycles. The van der Waals surface area contributed by atoms with Gasteiger partial charge in [-0.1, -0.05) is 11.6 Å². The third kappa shape index (κ3) is 3.97. The predicted molar refractivity (Wildman–Crippen MR) is 79.3 cm³/mol. The number of carbonyl (C=O) groups excluding carboxylic acids is 1. The van der Waals surface area contributed by atoms with Gasteiger partial charge in [0.15, 0.2) is 0 Å². The first-order chi connectivity index (χ1) is 8.24. The molecule has 1 N–H and O–H groups in total. The Labute approximate surface area is 122 Å². The summed E-state index contributed by atoms with van der Waals surface area (Å²) in [7, 11) is 3.98. The molecule has 5 heteroatoms. The molecule has 18 heavy (non-hydrogen) atoms. The highest BCUT2D eigenvalue weighted by atomic mass is 79.9. The highest BCUT2D eigenvalue weighted by Crippen LogP contribution is 2.23. The van der Waals surface area contributed by atoms with E-state index in [-0.39, 0.29) is 11.4 Å². The van der Waals surface area contributed by atoms with Crippen molar-refractivity contribution in [2.45, 2.75) is 19.4 Å². The minimum absolute atomic E-state index is 0.0840. The quantitative estimate of drug-likeness (QED) is 0.918. The topological polar surface area (TPSA) is 32.3 Å². The molecule has 0 heterocycles. The molecule has 0 saturated carbocycles. The van der Waals surface area contributed by atoms with E-state index in [0.717, 1.165) is 4.47 Å². The second-order valence-electron chi connectivity index (χ2n) is 5.02. The molecule has 0 spiro atoms. The van der Waals surface area contributed by atoms with E-state index in [9.17, 15) is 4.79 Å². The van der Waals surface area contributed by atoms with Gasteiger partial charge in [-0.05, 0) is 62.1 Å². The van der Waals surface area contributed by atoms with Gasteiger partial charge < -0.3 is 10.2 Å². The lowest BCUT2D eigenvalue weighted by molar-refractivity contribution is 0.0919. The molecule has 1 amide bonds. The van der Waals surface area contributed by atoms with Crippen LogP contribution in [0.2, 0.25) is 5.02 Å². The average Bonchev–Trinajstić information content (AvgIpc) is 2.29. The largest absolute Gasteiger partial charge is 0.350 e. The third-order valence-corrected chi connectivity index (χ3v) is 4.29. The minimum atomic E-state index is -0.0951. The summed E-state index contributed by atoms with van der Waals surface area (Å²) >= 11 is 9.20. The van der Waals surface area contributed by atoms with Crippen molar-refractivity contribution in [2.24, 2.45) is 0 Å². The monoisotopic (exact) mass is 332 g/mol. The second-order valence-corrected chi connectivity index (χ2v) is 6.28. The maximum absolute atomic E-state index is 12.0. The molecule has 1 aromatic carbocycles. The summed E-state index contributed by atoms with van der Waals surface area (Å²) < 4.78 is 0.726. The van der Waals surface area contributed by atoms with E-state index in [1.807, 2.05) is 14.1 Å². The van der Waals surface area contributed by atoms with Crippen LogP contribution in [0.4, 0.5) is 0 Å². The molecule has 0 atom stereocenters. The normalized spacial score (nSPS) is 11.7. The fraction of sp³-hybridized carbons (Fsp3) is 0.462. The van der Waals surface area contributed by atoms with Crippen molar-refractivity contribution in [1.29, 1.82) is 0 Å². The Morgan fingerprint density at radius 1 is 1.44 bits per heavy atom. The van der Waals surface area contributed by atoms with Crippen molar-refractivity contribution in [3.63, 3.8) is 0 Å². The Hall–Kier alpha value is -0.580. The lowest BCUT2D eigenvalue weighted by Gasteiger charge is -2.32. The zero-order valence-corrected chi connectivity index (χ0v) is 13.4. The zero-order chi connectivity index (χ0) is 13.9. The maximum Gasteiger partial charge on any atom is 0.251 e. The van der Waals surface area contributed by atoms with Crippen LogP contribution in [0.5, 0.6) is 0 Å². The van der Waals surface area contributed by atoms with E-state index in [0.29, 0.717) is 17.1 Å². The number of rotatable bonds is 4. The van der Waals surface area contributed by atoms with Crippen LogP contribution < -0.4 is 5.32 Å². The number of nitrogens with zero attached hydrogens (tertiary/aromatic N) is 1. The molecule has 3 nitrogen and oxygen atoms in total. The molecule has 0 radical (unpaired) electrons. The summed E-state index contributed by atoms with van der Waals surface area (Å²) in [5, 5.41) is 3.52. The highest BCUT2D eigenvalue weighted by Gasteiger charge is 2.21. The molecular formula is C13H18BrClN2O. The summed E-state index contributed by atoms with van der Waals surface area (Å²) in [5.74, 6) is -0.0951. The van der Waals surface area contributed by atoms with Gasteiger partial charge in [0.25, 0.3) is 5.91 Å². The van der Waals surface area contributed by atoms with Crippen molar-refractivity contribution in [1.82, 2.24) is 10.2 Å². The summed E-state index contributed by atoms with van der Waals surface area (Å²) in [4.78, 5) is 14.1. The van der Waals surface area contributed by atoms with Crippen LogP contribution in [0.3, 0.4) is 0 Å². The molecule has 0 aliphatic rings. The fourth-order valence-corrected chi connectivity index (χ4v) is 1.69. The van der Waals surface area contributed by atoms with Crippen LogP contribution in [0.1, 0.15) is 24.2 Å². The summed E-state index contributed by atoms with van der Waals surface area (Å²) in [6, 6.07) is 5.14. The van der Waals surface area contributed by atoms with Crippen LogP contribution in [0.15, 0.2) is 22.7 Å². The summed E-state index contributed by atoms with van der Waals surface area (Å²) in [5.41, 5.74) is 0.514. The SMILES string of the molecule is CN(C)C(C)(C)CNC(=O)c1ccc(Cl)c(Br)c1. The van der Waals surface area contributed by atoms with E-state index in [1.165, 1.54) is 0 Å². The van der Waals surface area contributed by atoms with Gasteiger partial charge in [0.05, 0.1) is 5.02 Å². The van der Waals surface area contributed by atoms with Gasteiger partial charge in [0.1, 0.15) is 0 Å². The molecule has 1 rings (SSSR count). The van der Waals surface area contributed by atoms with Crippen LogP contribution in [-0.4, -0.2) is 37.0 Å². The molecule has 0 aromatic heterocycles. The standard InChI is InChI=1S/C13H18BrClN2O/c1-13(2,17(3)4)8-16-12(18)9-5-6-11(15)10(14)7-9/h5-7H,8H2,1-4H3,(H,16,18). The first-order valence-corrected chi connectivity index (χ1v) is 6.82. The zero-order valence-electron chi connectivity index (χ0n) is 11.1. The number of halogens is 2. The van der Waals surface area contributed by atoms with Gasteiger partial charge in [-0.2, -0.15) is 0 Å². The van der Waals surface area contributed by atoms with Gasteiger partial charge in [-0.3, -0.25) is 4.79 Å². The van der Waals surface area contributed by atoms with Gasteiger partial charge >= 0.3 is 0 Å². The number of carbonyl (C=O) groups is 1. The molecule has 0 aliphatic carbocycles. The van der Waals surface area contributed by atoms with Crippen LogP contribution >= 0.6 is 27.5 Å². The predicted octanol–water partition coefficient (Wildman–Crippen LogP) is 3.17. The number of hydrogen-bond acceptors (Lipinski definition) is 2. The number of hydrogen-bond donors (Lipinski definition) is 1. The smallest absolute Gasteiger partial charge is 0.251 e. The molecule has 0 unspecified atom stereocenters. The van der Waals surface area contributed by atoms with Crippen molar-refractivity contribution in [3.8, 4) is 0 Å².